The van der Waals surface area contributed by atoms with Gasteiger partial charge in [0.1, 0.15) is 0 Å². The van der Waals surface area contributed by atoms with Gasteiger partial charge in [0.25, 0.3) is 5.91 Å². The van der Waals surface area contributed by atoms with Crippen LogP contribution in [0.25, 0.3) is 10.9 Å². The lowest BCUT2D eigenvalue weighted by atomic mass is 10.2. The number of para-hydroxylation sites is 1. The molecule has 3 rings (SSSR count). The maximum atomic E-state index is 12.4. The Labute approximate surface area is 144 Å². The van der Waals surface area contributed by atoms with E-state index in [2.05, 4.69) is 5.10 Å². The molecule has 23 heavy (non-hydrogen) atoms. The molecule has 0 aliphatic rings. The lowest BCUT2D eigenvalue weighted by Crippen LogP contribution is -2.22. The maximum Gasteiger partial charge on any atom is 0.274 e. The summed E-state index contributed by atoms with van der Waals surface area (Å²) in [6, 6.07) is 13.0. The molecule has 1 aromatic heterocycles. The van der Waals surface area contributed by atoms with E-state index in [9.17, 15) is 4.79 Å². The number of halogens is 2. The standard InChI is InChI=1S/C17H15Cl2N3O/c1-21(2)17(23)16-11-6-3-4-9-15(11)22(20-16)10-12-13(18)7-5-8-14(12)19/h3-9H,10H2,1-2H3. The number of hydrogen-bond donors (Lipinski definition) is 0. The Morgan fingerprint density at radius 1 is 1.09 bits per heavy atom. The fourth-order valence-corrected chi connectivity index (χ4v) is 2.97. The minimum atomic E-state index is -0.134. The van der Waals surface area contributed by atoms with Gasteiger partial charge in [-0.1, -0.05) is 47.5 Å². The predicted molar refractivity (Wildman–Crippen MR) is 93.3 cm³/mol. The van der Waals surface area contributed by atoms with Crippen molar-refractivity contribution in [2.45, 2.75) is 6.54 Å². The van der Waals surface area contributed by atoms with Gasteiger partial charge >= 0.3 is 0 Å². The van der Waals surface area contributed by atoms with Crippen LogP contribution in [0.3, 0.4) is 0 Å². The molecule has 0 spiro atoms. The topological polar surface area (TPSA) is 38.1 Å². The van der Waals surface area contributed by atoms with Crippen molar-refractivity contribution in [2.75, 3.05) is 14.1 Å². The molecule has 3 aromatic rings. The van der Waals surface area contributed by atoms with E-state index < -0.39 is 0 Å². The van der Waals surface area contributed by atoms with Crippen molar-refractivity contribution in [1.82, 2.24) is 14.7 Å². The van der Waals surface area contributed by atoms with Gasteiger partial charge in [0.15, 0.2) is 5.69 Å². The highest BCUT2D eigenvalue weighted by molar-refractivity contribution is 6.36. The molecule has 0 saturated carbocycles. The van der Waals surface area contributed by atoms with Crippen LogP contribution in [0.5, 0.6) is 0 Å². The van der Waals surface area contributed by atoms with Gasteiger partial charge in [0, 0.05) is 35.1 Å². The van der Waals surface area contributed by atoms with Crippen LogP contribution in [-0.2, 0) is 6.54 Å². The van der Waals surface area contributed by atoms with E-state index in [-0.39, 0.29) is 5.91 Å². The molecule has 118 valence electrons. The van der Waals surface area contributed by atoms with Crippen LogP contribution in [-0.4, -0.2) is 34.7 Å². The predicted octanol–water partition coefficient (Wildman–Crippen LogP) is 4.09. The van der Waals surface area contributed by atoms with Crippen LogP contribution in [0.15, 0.2) is 42.5 Å². The van der Waals surface area contributed by atoms with Gasteiger partial charge in [-0.3, -0.25) is 9.48 Å². The first-order valence-corrected chi connectivity index (χ1v) is 7.84. The summed E-state index contributed by atoms with van der Waals surface area (Å²) in [5, 5.41) is 6.47. The molecule has 0 fully saturated rings. The quantitative estimate of drug-likeness (QED) is 0.715. The van der Waals surface area contributed by atoms with Crippen LogP contribution in [0.4, 0.5) is 0 Å². The first-order chi connectivity index (χ1) is 11.0. The molecule has 0 aliphatic carbocycles. The second-order valence-corrected chi connectivity index (χ2v) is 6.24. The molecule has 1 heterocycles. The average molecular weight is 348 g/mol. The van der Waals surface area contributed by atoms with E-state index in [1.807, 2.05) is 24.3 Å². The molecule has 1 amide bonds. The lowest BCUT2D eigenvalue weighted by Gasteiger charge is -2.08. The lowest BCUT2D eigenvalue weighted by molar-refractivity contribution is 0.0823. The monoisotopic (exact) mass is 347 g/mol. The summed E-state index contributed by atoms with van der Waals surface area (Å²) in [5.74, 6) is -0.134. The molecule has 0 aliphatic heterocycles. The van der Waals surface area contributed by atoms with E-state index in [1.165, 1.54) is 4.90 Å². The van der Waals surface area contributed by atoms with E-state index in [4.69, 9.17) is 23.2 Å². The molecule has 0 N–H and O–H groups in total. The summed E-state index contributed by atoms with van der Waals surface area (Å²) < 4.78 is 1.76. The van der Waals surface area contributed by atoms with Crippen LogP contribution < -0.4 is 0 Å². The van der Waals surface area contributed by atoms with Crippen molar-refractivity contribution in [1.29, 1.82) is 0 Å². The zero-order chi connectivity index (χ0) is 16.6. The Bertz CT molecular complexity index is 866. The van der Waals surface area contributed by atoms with Crippen LogP contribution in [0.2, 0.25) is 10.0 Å². The van der Waals surface area contributed by atoms with Crippen molar-refractivity contribution in [3.05, 3.63) is 63.8 Å². The third-order valence-corrected chi connectivity index (χ3v) is 4.34. The first-order valence-electron chi connectivity index (χ1n) is 7.09. The van der Waals surface area contributed by atoms with Crippen molar-refractivity contribution in [2.24, 2.45) is 0 Å². The second-order valence-electron chi connectivity index (χ2n) is 5.42. The van der Waals surface area contributed by atoms with Gasteiger partial charge in [-0.2, -0.15) is 5.10 Å². The van der Waals surface area contributed by atoms with E-state index in [0.29, 0.717) is 22.3 Å². The molecule has 0 radical (unpaired) electrons. The summed E-state index contributed by atoms with van der Waals surface area (Å²) >= 11 is 12.5. The van der Waals surface area contributed by atoms with E-state index in [1.54, 1.807) is 37.0 Å². The molecule has 4 nitrogen and oxygen atoms in total. The van der Waals surface area contributed by atoms with Crippen molar-refractivity contribution in [3.8, 4) is 0 Å². The normalized spacial score (nSPS) is 11.0. The van der Waals surface area contributed by atoms with Gasteiger partial charge in [-0.25, -0.2) is 0 Å². The fourth-order valence-electron chi connectivity index (χ4n) is 2.45. The average Bonchev–Trinajstić information content (AvgIpc) is 2.89. The molecular formula is C17H15Cl2N3O. The molecule has 0 atom stereocenters. The SMILES string of the molecule is CN(C)C(=O)c1nn(Cc2c(Cl)cccc2Cl)c2ccccc12. The van der Waals surface area contributed by atoms with Gasteiger partial charge in [0.05, 0.1) is 12.1 Å². The Hall–Kier alpha value is -2.04. The summed E-state index contributed by atoms with van der Waals surface area (Å²) in [6.45, 7) is 0.403. The van der Waals surface area contributed by atoms with Crippen molar-refractivity contribution >= 4 is 40.0 Å². The highest BCUT2D eigenvalue weighted by atomic mass is 35.5. The summed E-state index contributed by atoms with van der Waals surface area (Å²) in [5.41, 5.74) is 2.08. The van der Waals surface area contributed by atoms with E-state index in [0.717, 1.165) is 16.5 Å². The number of carbonyl (C=O) groups excluding carboxylic acids is 1. The first kappa shape index (κ1) is 15.8. The van der Waals surface area contributed by atoms with Gasteiger partial charge in [-0.05, 0) is 18.2 Å². The zero-order valence-electron chi connectivity index (χ0n) is 12.8. The Balaban J connectivity index is 2.14. The fraction of sp³-hybridized carbons (Fsp3) is 0.176. The molecule has 6 heteroatoms. The summed E-state index contributed by atoms with van der Waals surface area (Å²) in [6.07, 6.45) is 0. The number of carbonyl (C=O) groups is 1. The molecule has 2 aromatic carbocycles. The van der Waals surface area contributed by atoms with Crippen LogP contribution in [0.1, 0.15) is 16.1 Å². The Kier molecular flexibility index (Phi) is 4.28. The Morgan fingerprint density at radius 3 is 2.39 bits per heavy atom. The molecule has 0 saturated heterocycles. The largest absolute Gasteiger partial charge is 0.343 e. The van der Waals surface area contributed by atoms with Gasteiger partial charge in [-0.15, -0.1) is 0 Å². The third-order valence-electron chi connectivity index (χ3n) is 3.64. The molecule has 0 unspecified atom stereocenters. The number of aromatic nitrogens is 2. The maximum absolute atomic E-state index is 12.4. The number of rotatable bonds is 3. The molecule has 0 bridgehead atoms. The van der Waals surface area contributed by atoms with E-state index >= 15 is 0 Å². The zero-order valence-corrected chi connectivity index (χ0v) is 14.3. The van der Waals surface area contributed by atoms with Crippen molar-refractivity contribution < 1.29 is 4.79 Å². The third kappa shape index (κ3) is 2.92. The second kappa shape index (κ2) is 6.22. The highest BCUT2D eigenvalue weighted by Gasteiger charge is 2.19. The number of benzene rings is 2. The van der Waals surface area contributed by atoms with Crippen LogP contribution >= 0.6 is 23.2 Å². The summed E-state index contributed by atoms with van der Waals surface area (Å²) in [7, 11) is 3.42. The van der Waals surface area contributed by atoms with Gasteiger partial charge in [0.2, 0.25) is 0 Å². The summed E-state index contributed by atoms with van der Waals surface area (Å²) in [4.78, 5) is 13.9. The smallest absolute Gasteiger partial charge is 0.274 e. The highest BCUT2D eigenvalue weighted by Crippen LogP contribution is 2.27. The minimum Gasteiger partial charge on any atom is -0.343 e. The Morgan fingerprint density at radius 2 is 1.74 bits per heavy atom. The van der Waals surface area contributed by atoms with Gasteiger partial charge < -0.3 is 4.90 Å². The number of fused-ring (bicyclic) bond motifs is 1. The minimum absolute atomic E-state index is 0.134. The molecular weight excluding hydrogens is 333 g/mol. The number of amides is 1. The number of hydrogen-bond acceptors (Lipinski definition) is 2. The van der Waals surface area contributed by atoms with Crippen LogP contribution in [0, 0.1) is 0 Å². The van der Waals surface area contributed by atoms with Crippen molar-refractivity contribution in [3.63, 3.8) is 0 Å². The number of nitrogens with zero attached hydrogens (tertiary/aromatic N) is 3.